The van der Waals surface area contributed by atoms with Crippen molar-refractivity contribution in [2.24, 2.45) is 5.73 Å². The number of hydrogen-bond acceptors (Lipinski definition) is 1. The molecule has 8 heavy (non-hydrogen) atoms. The van der Waals surface area contributed by atoms with Crippen molar-refractivity contribution < 1.29 is 4.79 Å². The molecule has 0 bridgehead atoms. The number of rotatable bonds is 1. The van der Waals surface area contributed by atoms with E-state index in [9.17, 15) is 4.79 Å². The molecule has 2 N–H and O–H groups in total. The van der Waals surface area contributed by atoms with Gasteiger partial charge in [-0.1, -0.05) is 19.9 Å². The smallest absolute Gasteiger partial charge is 0.241 e. The SMILES string of the molecule is C/C=C/C(N)=O.CC. The summed E-state index contributed by atoms with van der Waals surface area (Å²) < 4.78 is 0. The Morgan fingerprint density at radius 1 is 1.50 bits per heavy atom. The molecule has 0 rings (SSSR count). The lowest BCUT2D eigenvalue weighted by atomic mass is 10.5. The van der Waals surface area contributed by atoms with Crippen LogP contribution in [0, 0.1) is 0 Å². The number of allylic oxidation sites excluding steroid dienone is 1. The van der Waals surface area contributed by atoms with Gasteiger partial charge in [0.25, 0.3) is 0 Å². The Balaban J connectivity index is 0. The van der Waals surface area contributed by atoms with E-state index < -0.39 is 5.91 Å². The van der Waals surface area contributed by atoms with Crippen LogP contribution in [0.4, 0.5) is 0 Å². The van der Waals surface area contributed by atoms with Crippen molar-refractivity contribution in [3.8, 4) is 0 Å². The molecule has 1 amide bonds. The minimum absolute atomic E-state index is 0.391. The second-order valence-corrected chi connectivity index (χ2v) is 0.902. The molecule has 0 aliphatic rings. The third-order valence-corrected chi connectivity index (χ3v) is 0.331. The van der Waals surface area contributed by atoms with Gasteiger partial charge in [0.2, 0.25) is 5.91 Å². The molecule has 0 aromatic heterocycles. The fraction of sp³-hybridized carbons (Fsp3) is 0.500. The Bertz CT molecular complexity index is 76.6. The van der Waals surface area contributed by atoms with Gasteiger partial charge in [0.1, 0.15) is 0 Å². The van der Waals surface area contributed by atoms with E-state index in [-0.39, 0.29) is 0 Å². The van der Waals surface area contributed by atoms with Crippen LogP contribution in [-0.4, -0.2) is 5.91 Å². The largest absolute Gasteiger partial charge is 0.366 e. The predicted molar refractivity (Wildman–Crippen MR) is 35.4 cm³/mol. The van der Waals surface area contributed by atoms with Crippen LogP contribution >= 0.6 is 0 Å². The van der Waals surface area contributed by atoms with Gasteiger partial charge in [-0.3, -0.25) is 4.79 Å². The van der Waals surface area contributed by atoms with Crippen molar-refractivity contribution in [1.82, 2.24) is 0 Å². The second kappa shape index (κ2) is 9.51. The summed E-state index contributed by atoms with van der Waals surface area (Å²) in [7, 11) is 0. The predicted octanol–water partition coefficient (Wildman–Crippen LogP) is 1.07. The van der Waals surface area contributed by atoms with Crippen molar-refractivity contribution in [2.75, 3.05) is 0 Å². The highest BCUT2D eigenvalue weighted by Crippen LogP contribution is 1.62. The zero-order valence-electron chi connectivity index (χ0n) is 5.64. The summed E-state index contributed by atoms with van der Waals surface area (Å²) in [6.07, 6.45) is 2.91. The lowest BCUT2D eigenvalue weighted by molar-refractivity contribution is -0.113. The Morgan fingerprint density at radius 3 is 1.88 bits per heavy atom. The lowest BCUT2D eigenvalue weighted by Gasteiger charge is -1.70. The Morgan fingerprint density at radius 2 is 1.88 bits per heavy atom. The molecule has 0 aromatic rings. The highest BCUT2D eigenvalue weighted by Gasteiger charge is 1.73. The van der Waals surface area contributed by atoms with Crippen LogP contribution in [0.25, 0.3) is 0 Å². The maximum Gasteiger partial charge on any atom is 0.241 e. The summed E-state index contributed by atoms with van der Waals surface area (Å²) in [5, 5.41) is 0. The molecule has 0 radical (unpaired) electrons. The highest BCUT2D eigenvalue weighted by molar-refractivity contribution is 5.85. The average molecular weight is 115 g/mol. The normalized spacial score (nSPS) is 7.88. The molecule has 2 nitrogen and oxygen atoms in total. The van der Waals surface area contributed by atoms with Gasteiger partial charge >= 0.3 is 0 Å². The summed E-state index contributed by atoms with van der Waals surface area (Å²) in [4.78, 5) is 9.73. The van der Waals surface area contributed by atoms with Crippen LogP contribution in [0.1, 0.15) is 20.8 Å². The first-order valence-corrected chi connectivity index (χ1v) is 2.69. The number of carbonyl (C=O) groups excluding carboxylic acids is 1. The van der Waals surface area contributed by atoms with Crippen molar-refractivity contribution in [3.63, 3.8) is 0 Å². The van der Waals surface area contributed by atoms with Crippen molar-refractivity contribution >= 4 is 5.91 Å². The van der Waals surface area contributed by atoms with Crippen LogP contribution in [0.2, 0.25) is 0 Å². The zero-order chi connectivity index (χ0) is 6.99. The Hall–Kier alpha value is -0.790. The Kier molecular flexibility index (Phi) is 12.2. The van der Waals surface area contributed by atoms with Crippen LogP contribution in [0.5, 0.6) is 0 Å². The van der Waals surface area contributed by atoms with Crippen LogP contribution in [0.3, 0.4) is 0 Å². The molecule has 0 atom stereocenters. The number of nitrogens with two attached hydrogens (primary N) is 1. The maximum absolute atomic E-state index is 9.73. The number of primary amides is 1. The van der Waals surface area contributed by atoms with E-state index in [0.29, 0.717) is 0 Å². The van der Waals surface area contributed by atoms with E-state index in [4.69, 9.17) is 0 Å². The van der Waals surface area contributed by atoms with Crippen molar-refractivity contribution in [1.29, 1.82) is 0 Å². The van der Waals surface area contributed by atoms with Gasteiger partial charge in [0, 0.05) is 0 Å². The summed E-state index contributed by atoms with van der Waals surface area (Å²) in [6, 6.07) is 0. The molecule has 0 saturated carbocycles. The first kappa shape index (κ1) is 10.2. The van der Waals surface area contributed by atoms with Crippen LogP contribution < -0.4 is 5.73 Å². The number of amides is 1. The maximum atomic E-state index is 9.73. The van der Waals surface area contributed by atoms with Gasteiger partial charge in [-0.05, 0) is 13.0 Å². The fourth-order valence-corrected chi connectivity index (χ4v) is 0.164. The molecular weight excluding hydrogens is 102 g/mol. The standard InChI is InChI=1S/C4H7NO.C2H6/c1-2-3-4(5)6;1-2/h2-3H,1H3,(H2,5,6);1-2H3/b3-2+;. The summed E-state index contributed by atoms with van der Waals surface area (Å²) >= 11 is 0. The third-order valence-electron chi connectivity index (χ3n) is 0.331. The van der Waals surface area contributed by atoms with E-state index in [1.54, 1.807) is 13.0 Å². The van der Waals surface area contributed by atoms with Crippen molar-refractivity contribution in [2.45, 2.75) is 20.8 Å². The van der Waals surface area contributed by atoms with Gasteiger partial charge in [0.05, 0.1) is 0 Å². The van der Waals surface area contributed by atoms with Gasteiger partial charge in [-0.2, -0.15) is 0 Å². The second-order valence-electron chi connectivity index (χ2n) is 0.902. The first-order valence-electron chi connectivity index (χ1n) is 2.69. The van der Waals surface area contributed by atoms with Gasteiger partial charge < -0.3 is 5.73 Å². The Labute approximate surface area is 50.4 Å². The summed E-state index contributed by atoms with van der Waals surface area (Å²) in [6.45, 7) is 5.74. The fourth-order valence-electron chi connectivity index (χ4n) is 0.164. The summed E-state index contributed by atoms with van der Waals surface area (Å²) in [5.74, 6) is -0.391. The minimum atomic E-state index is -0.391. The molecule has 0 saturated heterocycles. The van der Waals surface area contributed by atoms with E-state index >= 15 is 0 Å². The monoisotopic (exact) mass is 115 g/mol. The van der Waals surface area contributed by atoms with E-state index in [0.717, 1.165) is 0 Å². The van der Waals surface area contributed by atoms with Gasteiger partial charge in [-0.25, -0.2) is 0 Å². The number of carbonyl (C=O) groups is 1. The number of hydrogen-bond donors (Lipinski definition) is 1. The summed E-state index contributed by atoms with van der Waals surface area (Å²) in [5.41, 5.74) is 4.68. The lowest BCUT2D eigenvalue weighted by Crippen LogP contribution is -2.04. The molecule has 2 heteroatoms. The van der Waals surface area contributed by atoms with Crippen LogP contribution in [0.15, 0.2) is 12.2 Å². The highest BCUT2D eigenvalue weighted by atomic mass is 16.1. The van der Waals surface area contributed by atoms with E-state index in [1.807, 2.05) is 13.8 Å². The van der Waals surface area contributed by atoms with Gasteiger partial charge in [-0.15, -0.1) is 0 Å². The molecule has 0 unspecified atom stereocenters. The third kappa shape index (κ3) is 18.9. The molecule has 0 aliphatic heterocycles. The minimum Gasteiger partial charge on any atom is -0.366 e. The molecule has 48 valence electrons. The molecule has 0 aliphatic carbocycles. The molecular formula is C6H13NO. The molecule has 0 spiro atoms. The first-order chi connectivity index (χ1) is 3.77. The molecule has 0 fully saturated rings. The average Bonchev–Trinajstić information content (AvgIpc) is 1.72. The van der Waals surface area contributed by atoms with E-state index in [1.165, 1.54) is 6.08 Å². The molecule has 0 aromatic carbocycles. The quantitative estimate of drug-likeness (QED) is 0.510. The topological polar surface area (TPSA) is 43.1 Å². The zero-order valence-corrected chi connectivity index (χ0v) is 5.64. The van der Waals surface area contributed by atoms with E-state index in [2.05, 4.69) is 5.73 Å². The molecule has 0 heterocycles. The van der Waals surface area contributed by atoms with Gasteiger partial charge in [0.15, 0.2) is 0 Å². The van der Waals surface area contributed by atoms with Crippen molar-refractivity contribution in [3.05, 3.63) is 12.2 Å². The van der Waals surface area contributed by atoms with Crippen LogP contribution in [-0.2, 0) is 4.79 Å².